The van der Waals surface area contributed by atoms with E-state index in [4.69, 9.17) is 0 Å². The number of imidazole rings is 1. The van der Waals surface area contributed by atoms with Crippen LogP contribution in [0.1, 0.15) is 5.82 Å². The average Bonchev–Trinajstić information content (AvgIpc) is 2.79. The highest BCUT2D eigenvalue weighted by atomic mass is 19.1. The molecule has 0 bridgehead atoms. The second-order valence-electron chi connectivity index (χ2n) is 4.91. The Bertz CT molecular complexity index is 858. The molecular formula is C16H13F2N3O. The minimum Gasteiger partial charge on any atom is -0.322 e. The van der Waals surface area contributed by atoms with Crippen LogP contribution < -0.4 is 5.32 Å². The van der Waals surface area contributed by atoms with Crippen molar-refractivity contribution in [1.29, 1.82) is 0 Å². The highest BCUT2D eigenvalue weighted by molar-refractivity contribution is 5.91. The molecule has 4 nitrogen and oxygen atoms in total. The van der Waals surface area contributed by atoms with Gasteiger partial charge in [0.2, 0.25) is 5.91 Å². The van der Waals surface area contributed by atoms with Gasteiger partial charge in [-0.15, -0.1) is 0 Å². The zero-order valence-electron chi connectivity index (χ0n) is 11.8. The van der Waals surface area contributed by atoms with Crippen LogP contribution in [0.5, 0.6) is 0 Å². The third-order valence-corrected chi connectivity index (χ3v) is 3.35. The molecule has 22 heavy (non-hydrogen) atoms. The maximum Gasteiger partial charge on any atom is 0.244 e. The standard InChI is InChI=1S/C16H13F2N3O/c1-10-19-13-4-2-3-5-15(13)21(10)9-16(22)20-14-8-11(17)6-7-12(14)18/h2-8H,9H2,1H3,(H,20,22). The van der Waals surface area contributed by atoms with Crippen LogP contribution in [0.2, 0.25) is 0 Å². The van der Waals surface area contributed by atoms with Crippen molar-refractivity contribution in [3.63, 3.8) is 0 Å². The summed E-state index contributed by atoms with van der Waals surface area (Å²) >= 11 is 0. The van der Waals surface area contributed by atoms with Crippen molar-refractivity contribution in [2.24, 2.45) is 0 Å². The number of hydrogen-bond acceptors (Lipinski definition) is 2. The van der Waals surface area contributed by atoms with E-state index >= 15 is 0 Å². The third-order valence-electron chi connectivity index (χ3n) is 3.35. The SMILES string of the molecule is Cc1nc2ccccc2n1CC(=O)Nc1cc(F)ccc1F. The van der Waals surface area contributed by atoms with Gasteiger partial charge in [0, 0.05) is 6.07 Å². The van der Waals surface area contributed by atoms with E-state index in [0.29, 0.717) is 5.82 Å². The number of hydrogen-bond donors (Lipinski definition) is 1. The van der Waals surface area contributed by atoms with Crippen LogP contribution in [0.15, 0.2) is 42.5 Å². The van der Waals surface area contributed by atoms with Crippen LogP contribution in [0, 0.1) is 18.6 Å². The lowest BCUT2D eigenvalue weighted by Gasteiger charge is -2.09. The molecule has 0 aliphatic heterocycles. The Labute approximate surface area is 125 Å². The number of anilines is 1. The first-order valence-electron chi connectivity index (χ1n) is 6.71. The second-order valence-corrected chi connectivity index (χ2v) is 4.91. The van der Waals surface area contributed by atoms with Crippen LogP contribution in [0.3, 0.4) is 0 Å². The molecule has 1 heterocycles. The lowest BCUT2D eigenvalue weighted by molar-refractivity contribution is -0.116. The number of halogens is 2. The number of nitrogens with zero attached hydrogens (tertiary/aromatic N) is 2. The maximum atomic E-state index is 13.5. The fourth-order valence-corrected chi connectivity index (χ4v) is 2.32. The molecule has 112 valence electrons. The van der Waals surface area contributed by atoms with Gasteiger partial charge < -0.3 is 9.88 Å². The Hall–Kier alpha value is -2.76. The van der Waals surface area contributed by atoms with Gasteiger partial charge in [-0.25, -0.2) is 13.8 Å². The van der Waals surface area contributed by atoms with Crippen molar-refractivity contribution in [3.05, 3.63) is 59.9 Å². The summed E-state index contributed by atoms with van der Waals surface area (Å²) in [5.74, 6) is -1.06. The average molecular weight is 301 g/mol. The fourth-order valence-electron chi connectivity index (χ4n) is 2.32. The fraction of sp³-hybridized carbons (Fsp3) is 0.125. The van der Waals surface area contributed by atoms with E-state index in [-0.39, 0.29) is 12.2 Å². The number of para-hydroxylation sites is 2. The van der Waals surface area contributed by atoms with Gasteiger partial charge >= 0.3 is 0 Å². The van der Waals surface area contributed by atoms with E-state index in [1.54, 1.807) is 11.5 Å². The first-order valence-corrected chi connectivity index (χ1v) is 6.71. The number of benzene rings is 2. The summed E-state index contributed by atoms with van der Waals surface area (Å²) in [4.78, 5) is 16.4. The molecule has 0 radical (unpaired) electrons. The molecule has 0 spiro atoms. The Morgan fingerprint density at radius 1 is 1.23 bits per heavy atom. The van der Waals surface area contributed by atoms with E-state index in [1.807, 2.05) is 24.3 Å². The molecule has 0 saturated heterocycles. The number of aromatic nitrogens is 2. The molecule has 3 aromatic rings. The lowest BCUT2D eigenvalue weighted by atomic mass is 10.3. The smallest absolute Gasteiger partial charge is 0.244 e. The van der Waals surface area contributed by atoms with Crippen LogP contribution in [0.4, 0.5) is 14.5 Å². The van der Waals surface area contributed by atoms with E-state index in [2.05, 4.69) is 10.3 Å². The molecule has 0 aliphatic carbocycles. The van der Waals surface area contributed by atoms with Gasteiger partial charge in [-0.3, -0.25) is 4.79 Å². The van der Waals surface area contributed by atoms with Crippen molar-refractivity contribution in [3.8, 4) is 0 Å². The molecule has 0 atom stereocenters. The van der Waals surface area contributed by atoms with E-state index in [9.17, 15) is 13.6 Å². The summed E-state index contributed by atoms with van der Waals surface area (Å²) < 4.78 is 28.4. The molecule has 2 aromatic carbocycles. The Morgan fingerprint density at radius 2 is 2.00 bits per heavy atom. The first kappa shape index (κ1) is 14.2. The molecule has 3 rings (SSSR count). The van der Waals surface area contributed by atoms with Gasteiger partial charge in [0.05, 0.1) is 16.7 Å². The Kier molecular flexibility index (Phi) is 3.58. The summed E-state index contributed by atoms with van der Waals surface area (Å²) in [6.45, 7) is 1.76. The van der Waals surface area contributed by atoms with Gasteiger partial charge in [-0.05, 0) is 31.2 Å². The van der Waals surface area contributed by atoms with Gasteiger partial charge in [0.25, 0.3) is 0 Å². The van der Waals surface area contributed by atoms with Crippen molar-refractivity contribution in [2.75, 3.05) is 5.32 Å². The van der Waals surface area contributed by atoms with Crippen molar-refractivity contribution in [2.45, 2.75) is 13.5 Å². The number of carbonyl (C=O) groups excluding carboxylic acids is 1. The topological polar surface area (TPSA) is 46.9 Å². The first-order chi connectivity index (χ1) is 10.5. The molecular weight excluding hydrogens is 288 g/mol. The summed E-state index contributed by atoms with van der Waals surface area (Å²) in [7, 11) is 0. The molecule has 1 N–H and O–H groups in total. The van der Waals surface area contributed by atoms with Gasteiger partial charge in [0.15, 0.2) is 0 Å². The molecule has 0 fully saturated rings. The summed E-state index contributed by atoms with van der Waals surface area (Å²) in [6, 6.07) is 10.3. The van der Waals surface area contributed by atoms with Crippen molar-refractivity contribution < 1.29 is 13.6 Å². The number of amides is 1. The van der Waals surface area contributed by atoms with Crippen LogP contribution in [0.25, 0.3) is 11.0 Å². The van der Waals surface area contributed by atoms with E-state index in [1.165, 1.54) is 0 Å². The normalized spacial score (nSPS) is 10.9. The van der Waals surface area contributed by atoms with Crippen LogP contribution in [-0.4, -0.2) is 15.5 Å². The van der Waals surface area contributed by atoms with Crippen molar-refractivity contribution in [1.82, 2.24) is 9.55 Å². The Morgan fingerprint density at radius 3 is 2.82 bits per heavy atom. The second kappa shape index (κ2) is 5.55. The zero-order valence-corrected chi connectivity index (χ0v) is 11.8. The van der Waals surface area contributed by atoms with Crippen LogP contribution >= 0.6 is 0 Å². The third kappa shape index (κ3) is 2.67. The van der Waals surface area contributed by atoms with E-state index < -0.39 is 17.5 Å². The van der Waals surface area contributed by atoms with Gasteiger partial charge in [-0.2, -0.15) is 0 Å². The minimum atomic E-state index is -0.679. The quantitative estimate of drug-likeness (QED) is 0.807. The maximum absolute atomic E-state index is 13.5. The molecule has 0 unspecified atom stereocenters. The number of nitrogens with one attached hydrogen (secondary N) is 1. The molecule has 1 amide bonds. The van der Waals surface area contributed by atoms with Gasteiger partial charge in [0.1, 0.15) is 24.0 Å². The van der Waals surface area contributed by atoms with E-state index in [0.717, 1.165) is 29.2 Å². The summed E-state index contributed by atoms with van der Waals surface area (Å²) in [5.41, 5.74) is 1.42. The highest BCUT2D eigenvalue weighted by Gasteiger charge is 2.12. The molecule has 6 heteroatoms. The molecule has 1 aromatic heterocycles. The zero-order chi connectivity index (χ0) is 15.7. The van der Waals surface area contributed by atoms with Crippen molar-refractivity contribution >= 4 is 22.6 Å². The summed E-state index contributed by atoms with van der Waals surface area (Å²) in [5, 5.41) is 2.38. The highest BCUT2D eigenvalue weighted by Crippen LogP contribution is 2.17. The molecule has 0 saturated carbocycles. The monoisotopic (exact) mass is 301 g/mol. The molecule has 0 aliphatic rings. The number of fused-ring (bicyclic) bond motifs is 1. The number of carbonyl (C=O) groups is 1. The largest absolute Gasteiger partial charge is 0.322 e. The number of aryl methyl sites for hydroxylation is 1. The minimum absolute atomic E-state index is 0.0255. The van der Waals surface area contributed by atoms with Crippen LogP contribution in [-0.2, 0) is 11.3 Å². The summed E-state index contributed by atoms with van der Waals surface area (Å²) in [6.07, 6.45) is 0. The number of rotatable bonds is 3. The van der Waals surface area contributed by atoms with Gasteiger partial charge in [-0.1, -0.05) is 12.1 Å². The lowest BCUT2D eigenvalue weighted by Crippen LogP contribution is -2.20. The predicted octanol–water partition coefficient (Wildman–Crippen LogP) is 3.26. The predicted molar refractivity (Wildman–Crippen MR) is 79.5 cm³/mol. The Balaban J connectivity index is 1.84.